The molecule has 5 nitrogen and oxygen atoms in total. The molecule has 7 heteroatoms. The lowest BCUT2D eigenvalue weighted by atomic mass is 10.0. The average molecular weight is 385 g/mol. The normalized spacial score (nSPS) is 22.9. The molecule has 0 bridgehead atoms. The number of carbonyl (C=O) groups is 1. The van der Waals surface area contributed by atoms with Gasteiger partial charge in [-0.25, -0.2) is 8.42 Å². The topological polar surface area (TPSA) is 66.5 Å². The van der Waals surface area contributed by atoms with E-state index >= 15 is 0 Å². The molecule has 0 radical (unpaired) electrons. The zero-order chi connectivity index (χ0) is 18.0. The van der Waals surface area contributed by atoms with Crippen LogP contribution in [0.4, 0.5) is 0 Å². The summed E-state index contributed by atoms with van der Waals surface area (Å²) in [4.78, 5) is 12.5. The van der Waals surface area contributed by atoms with Crippen molar-refractivity contribution in [1.29, 1.82) is 0 Å². The van der Waals surface area contributed by atoms with Crippen LogP contribution in [0.2, 0.25) is 5.02 Å². The molecule has 1 aromatic carbocycles. The molecule has 0 aromatic heterocycles. The molecule has 1 saturated heterocycles. The lowest BCUT2D eigenvalue weighted by molar-refractivity contribution is 0.0937. The summed E-state index contributed by atoms with van der Waals surface area (Å²) in [6.45, 7) is 3.05. The van der Waals surface area contributed by atoms with Crippen LogP contribution in [0.15, 0.2) is 23.1 Å². The molecule has 138 valence electrons. The minimum atomic E-state index is -3.69. The monoisotopic (exact) mass is 384 g/mol. The van der Waals surface area contributed by atoms with Gasteiger partial charge in [0.2, 0.25) is 10.0 Å². The number of halogens is 1. The van der Waals surface area contributed by atoms with E-state index in [1.54, 1.807) is 6.07 Å². The van der Waals surface area contributed by atoms with Crippen LogP contribution in [0.1, 0.15) is 55.8 Å². The predicted octanol–water partition coefficient (Wildman–Crippen LogP) is 3.43. The summed E-state index contributed by atoms with van der Waals surface area (Å²) in [6.07, 6.45) is 6.09. The maximum Gasteiger partial charge on any atom is 0.251 e. The quantitative estimate of drug-likeness (QED) is 0.864. The molecule has 1 atom stereocenters. The molecular formula is C18H25ClN2O3S. The van der Waals surface area contributed by atoms with E-state index in [2.05, 4.69) is 12.2 Å². The van der Waals surface area contributed by atoms with Crippen molar-refractivity contribution in [3.63, 3.8) is 0 Å². The summed E-state index contributed by atoms with van der Waals surface area (Å²) in [7, 11) is -3.69. The van der Waals surface area contributed by atoms with Crippen LogP contribution < -0.4 is 5.32 Å². The lowest BCUT2D eigenvalue weighted by Crippen LogP contribution is -2.39. The molecule has 1 N–H and O–H groups in total. The van der Waals surface area contributed by atoms with E-state index in [-0.39, 0.29) is 21.9 Å². The number of carbonyl (C=O) groups excluding carboxylic acids is 1. The lowest BCUT2D eigenvalue weighted by Gasteiger charge is -2.30. The Labute approximate surface area is 154 Å². The number of piperidine rings is 1. The number of nitrogens with one attached hydrogen (secondary N) is 1. The molecule has 2 aliphatic rings. The summed E-state index contributed by atoms with van der Waals surface area (Å²) in [5, 5.41) is 3.15. The second-order valence-corrected chi connectivity index (χ2v) is 9.52. The fraction of sp³-hybridized carbons (Fsp3) is 0.611. The molecule has 1 aromatic rings. The van der Waals surface area contributed by atoms with E-state index < -0.39 is 10.0 Å². The molecule has 1 heterocycles. The summed E-state index contributed by atoms with van der Waals surface area (Å²) in [5.41, 5.74) is 0.347. The van der Waals surface area contributed by atoms with Crippen molar-refractivity contribution in [2.24, 2.45) is 5.92 Å². The molecule has 3 rings (SSSR count). The Kier molecular flexibility index (Phi) is 5.71. The van der Waals surface area contributed by atoms with Crippen LogP contribution in [0.25, 0.3) is 0 Å². The van der Waals surface area contributed by atoms with Gasteiger partial charge in [0.05, 0.1) is 5.02 Å². The molecule has 25 heavy (non-hydrogen) atoms. The fourth-order valence-corrected chi connectivity index (χ4v) is 5.78. The minimum Gasteiger partial charge on any atom is -0.349 e. The summed E-state index contributed by atoms with van der Waals surface area (Å²) in [5.74, 6) is 0.100. The molecule has 1 unspecified atom stereocenters. The fourth-order valence-electron chi connectivity index (χ4n) is 3.68. The summed E-state index contributed by atoms with van der Waals surface area (Å²) in [6, 6.07) is 4.70. The smallest absolute Gasteiger partial charge is 0.251 e. The van der Waals surface area contributed by atoms with Crippen molar-refractivity contribution in [2.45, 2.75) is 56.4 Å². The second-order valence-electron chi connectivity index (χ2n) is 7.21. The number of rotatable bonds is 4. The van der Waals surface area contributed by atoms with Crippen molar-refractivity contribution in [3.05, 3.63) is 28.8 Å². The Morgan fingerprint density at radius 2 is 1.92 bits per heavy atom. The highest BCUT2D eigenvalue weighted by Crippen LogP contribution is 2.29. The number of hydrogen-bond donors (Lipinski definition) is 1. The third-order valence-electron chi connectivity index (χ3n) is 5.12. The van der Waals surface area contributed by atoms with Gasteiger partial charge in [-0.2, -0.15) is 4.31 Å². The Balaban J connectivity index is 1.84. The van der Waals surface area contributed by atoms with Crippen molar-refractivity contribution < 1.29 is 13.2 Å². The highest BCUT2D eigenvalue weighted by molar-refractivity contribution is 7.89. The zero-order valence-electron chi connectivity index (χ0n) is 14.5. The Morgan fingerprint density at radius 1 is 1.20 bits per heavy atom. The van der Waals surface area contributed by atoms with Gasteiger partial charge in [-0.05, 0) is 49.8 Å². The van der Waals surface area contributed by atoms with E-state index in [1.807, 2.05) is 0 Å². The number of hydrogen-bond acceptors (Lipinski definition) is 3. The van der Waals surface area contributed by atoms with Crippen molar-refractivity contribution >= 4 is 27.5 Å². The molecule has 1 amide bonds. The first-order valence-electron chi connectivity index (χ1n) is 8.98. The van der Waals surface area contributed by atoms with Gasteiger partial charge in [0.25, 0.3) is 5.91 Å². The number of nitrogens with zero attached hydrogens (tertiary/aromatic N) is 1. The third kappa shape index (κ3) is 4.18. The average Bonchev–Trinajstić information content (AvgIpc) is 3.08. The molecule has 0 spiro atoms. The SMILES string of the molecule is CC1CCCN(S(=O)(=O)c2cc(C(=O)NC3CCCC3)ccc2Cl)C1. The molecule has 1 aliphatic heterocycles. The number of benzene rings is 1. The van der Waals surface area contributed by atoms with Crippen LogP contribution in [0.5, 0.6) is 0 Å². The highest BCUT2D eigenvalue weighted by Gasteiger charge is 2.31. The Morgan fingerprint density at radius 3 is 2.60 bits per heavy atom. The molecule has 2 fully saturated rings. The van der Waals surface area contributed by atoms with Gasteiger partial charge in [-0.1, -0.05) is 31.4 Å². The highest BCUT2D eigenvalue weighted by atomic mass is 35.5. The standard InChI is InChI=1S/C18H25ClN2O3S/c1-13-5-4-10-21(12-13)25(23,24)17-11-14(8-9-16(17)19)18(22)20-15-6-2-3-7-15/h8-9,11,13,15H,2-7,10,12H2,1H3,(H,20,22). The van der Waals surface area contributed by atoms with Gasteiger partial charge in [0.15, 0.2) is 0 Å². The van der Waals surface area contributed by atoms with Gasteiger partial charge < -0.3 is 5.32 Å². The van der Waals surface area contributed by atoms with Gasteiger partial charge in [-0.3, -0.25) is 4.79 Å². The first kappa shape index (κ1) is 18.7. The van der Waals surface area contributed by atoms with Crippen molar-refractivity contribution in [2.75, 3.05) is 13.1 Å². The molecule has 1 saturated carbocycles. The Bertz CT molecular complexity index is 745. The first-order valence-corrected chi connectivity index (χ1v) is 10.8. The first-order chi connectivity index (χ1) is 11.9. The van der Waals surface area contributed by atoms with E-state index in [0.29, 0.717) is 24.6 Å². The van der Waals surface area contributed by atoms with Crippen molar-refractivity contribution in [1.82, 2.24) is 9.62 Å². The summed E-state index contributed by atoms with van der Waals surface area (Å²) >= 11 is 6.17. The summed E-state index contributed by atoms with van der Waals surface area (Å²) < 4.78 is 27.5. The maximum absolute atomic E-state index is 13.0. The van der Waals surface area contributed by atoms with Crippen LogP contribution in [-0.2, 0) is 10.0 Å². The largest absolute Gasteiger partial charge is 0.349 e. The van der Waals surface area contributed by atoms with Crippen LogP contribution in [0, 0.1) is 5.92 Å². The number of amides is 1. The van der Waals surface area contributed by atoms with Crippen LogP contribution >= 0.6 is 11.6 Å². The number of sulfonamides is 1. The van der Waals surface area contributed by atoms with E-state index in [9.17, 15) is 13.2 Å². The van der Waals surface area contributed by atoms with E-state index in [4.69, 9.17) is 11.6 Å². The minimum absolute atomic E-state index is 0.0299. The maximum atomic E-state index is 13.0. The second kappa shape index (κ2) is 7.64. The van der Waals surface area contributed by atoms with Gasteiger partial charge in [0.1, 0.15) is 4.90 Å². The predicted molar refractivity (Wildman–Crippen MR) is 98.3 cm³/mol. The van der Waals surface area contributed by atoms with E-state index in [1.165, 1.54) is 16.4 Å². The Hall–Kier alpha value is -1.11. The third-order valence-corrected chi connectivity index (χ3v) is 7.47. The van der Waals surface area contributed by atoms with Gasteiger partial charge >= 0.3 is 0 Å². The van der Waals surface area contributed by atoms with Gasteiger partial charge in [0, 0.05) is 24.7 Å². The van der Waals surface area contributed by atoms with Crippen molar-refractivity contribution in [3.8, 4) is 0 Å². The molecular weight excluding hydrogens is 360 g/mol. The zero-order valence-corrected chi connectivity index (χ0v) is 16.1. The van der Waals surface area contributed by atoms with E-state index in [0.717, 1.165) is 38.5 Å². The van der Waals surface area contributed by atoms with Gasteiger partial charge in [-0.15, -0.1) is 0 Å². The van der Waals surface area contributed by atoms with Crippen LogP contribution in [0.3, 0.4) is 0 Å². The molecule has 1 aliphatic carbocycles. The van der Waals surface area contributed by atoms with Crippen LogP contribution in [-0.4, -0.2) is 37.8 Å².